The predicted molar refractivity (Wildman–Crippen MR) is 86.5 cm³/mol. The maximum atomic E-state index is 12.7. The maximum absolute atomic E-state index is 12.7. The maximum Gasteiger partial charge on any atom is 0.233 e. The van der Waals surface area contributed by atoms with Crippen LogP contribution in [0.25, 0.3) is 0 Å². The van der Waals surface area contributed by atoms with Crippen LogP contribution >= 0.6 is 12.2 Å². The summed E-state index contributed by atoms with van der Waals surface area (Å²) in [7, 11) is 0. The molecule has 2 aliphatic rings. The number of hydrogen-bond donors (Lipinski definition) is 2. The Hall–Kier alpha value is -0.640. The molecule has 20 heavy (non-hydrogen) atoms. The van der Waals surface area contributed by atoms with Crippen molar-refractivity contribution >= 4 is 23.1 Å². The lowest BCUT2D eigenvalue weighted by molar-refractivity contribution is -0.128. The van der Waals surface area contributed by atoms with Gasteiger partial charge in [-0.1, -0.05) is 51.2 Å². The van der Waals surface area contributed by atoms with Crippen LogP contribution in [0.3, 0.4) is 0 Å². The fourth-order valence-electron chi connectivity index (χ4n) is 3.96. The van der Waals surface area contributed by atoms with E-state index in [1.165, 1.54) is 32.1 Å². The van der Waals surface area contributed by atoms with E-state index in [0.29, 0.717) is 16.9 Å². The molecule has 0 heterocycles. The molecule has 1 unspecified atom stereocenters. The van der Waals surface area contributed by atoms with Crippen LogP contribution in [-0.2, 0) is 4.79 Å². The Morgan fingerprint density at radius 3 is 2.35 bits per heavy atom. The third kappa shape index (κ3) is 3.16. The van der Waals surface area contributed by atoms with Gasteiger partial charge < -0.3 is 11.1 Å². The van der Waals surface area contributed by atoms with Crippen molar-refractivity contribution in [3.8, 4) is 0 Å². The first-order valence-corrected chi connectivity index (χ1v) is 8.62. The summed E-state index contributed by atoms with van der Waals surface area (Å²) >= 11 is 5.21. The molecule has 2 fully saturated rings. The first kappa shape index (κ1) is 15.7. The fraction of sp³-hybridized carbons (Fsp3) is 0.875. The summed E-state index contributed by atoms with van der Waals surface area (Å²) in [5, 5.41) is 3.29. The number of thiocarbonyl (C=S) groups is 1. The van der Waals surface area contributed by atoms with E-state index in [9.17, 15) is 4.79 Å². The highest BCUT2D eigenvalue weighted by atomic mass is 32.1. The molecule has 0 aromatic heterocycles. The SMILES string of the molecule is CCC(NC(=O)C1(C(N)=S)CCCC1)C1CCCCC1. The Labute approximate surface area is 128 Å². The van der Waals surface area contributed by atoms with Crippen LogP contribution < -0.4 is 11.1 Å². The lowest BCUT2D eigenvalue weighted by Gasteiger charge is -2.34. The molecule has 2 aliphatic carbocycles. The summed E-state index contributed by atoms with van der Waals surface area (Å²) in [5.41, 5.74) is 5.34. The van der Waals surface area contributed by atoms with Crippen LogP contribution in [0.15, 0.2) is 0 Å². The molecule has 0 radical (unpaired) electrons. The highest BCUT2D eigenvalue weighted by Gasteiger charge is 2.44. The Bertz CT molecular complexity index is 357. The number of rotatable bonds is 5. The van der Waals surface area contributed by atoms with Gasteiger partial charge in [-0.15, -0.1) is 0 Å². The number of hydrogen-bond acceptors (Lipinski definition) is 2. The van der Waals surface area contributed by atoms with Gasteiger partial charge in [0.15, 0.2) is 0 Å². The first-order valence-electron chi connectivity index (χ1n) is 8.21. The Kier molecular flexibility index (Phi) is 5.42. The van der Waals surface area contributed by atoms with Crippen LogP contribution in [0.1, 0.15) is 71.1 Å². The lowest BCUT2D eigenvalue weighted by atomic mass is 9.81. The molecule has 0 aromatic rings. The van der Waals surface area contributed by atoms with Crippen LogP contribution in [0.5, 0.6) is 0 Å². The average molecular weight is 296 g/mol. The van der Waals surface area contributed by atoms with Gasteiger partial charge in [0.1, 0.15) is 0 Å². The van der Waals surface area contributed by atoms with E-state index >= 15 is 0 Å². The smallest absolute Gasteiger partial charge is 0.233 e. The molecule has 0 saturated heterocycles. The summed E-state index contributed by atoms with van der Waals surface area (Å²) in [6, 6.07) is 0.301. The van der Waals surface area contributed by atoms with Crippen molar-refractivity contribution < 1.29 is 4.79 Å². The highest BCUT2D eigenvalue weighted by molar-refractivity contribution is 7.80. The van der Waals surface area contributed by atoms with E-state index in [1.54, 1.807) is 0 Å². The van der Waals surface area contributed by atoms with E-state index in [-0.39, 0.29) is 5.91 Å². The Morgan fingerprint density at radius 1 is 1.25 bits per heavy atom. The van der Waals surface area contributed by atoms with Gasteiger partial charge in [0.25, 0.3) is 0 Å². The zero-order chi connectivity index (χ0) is 14.6. The fourth-order valence-corrected chi connectivity index (χ4v) is 4.26. The number of amides is 1. The quantitative estimate of drug-likeness (QED) is 0.765. The summed E-state index contributed by atoms with van der Waals surface area (Å²) < 4.78 is 0. The van der Waals surface area contributed by atoms with Crippen LogP contribution in [0.4, 0.5) is 0 Å². The molecular formula is C16H28N2OS. The van der Waals surface area contributed by atoms with Crippen molar-refractivity contribution in [3.05, 3.63) is 0 Å². The van der Waals surface area contributed by atoms with Crippen LogP contribution in [-0.4, -0.2) is 16.9 Å². The van der Waals surface area contributed by atoms with Crippen molar-refractivity contribution in [2.45, 2.75) is 77.2 Å². The van der Waals surface area contributed by atoms with Gasteiger partial charge in [0, 0.05) is 6.04 Å². The molecule has 1 amide bonds. The van der Waals surface area contributed by atoms with Gasteiger partial charge in [0.05, 0.1) is 10.4 Å². The minimum absolute atomic E-state index is 0.0972. The third-order valence-corrected chi connectivity index (χ3v) is 5.73. The molecule has 0 bridgehead atoms. The molecule has 0 aliphatic heterocycles. The lowest BCUT2D eigenvalue weighted by Crippen LogP contribution is -2.52. The summed E-state index contributed by atoms with van der Waals surface area (Å²) in [4.78, 5) is 13.1. The first-order chi connectivity index (χ1) is 9.60. The Morgan fingerprint density at radius 2 is 1.85 bits per heavy atom. The molecule has 3 nitrogen and oxygen atoms in total. The molecule has 3 N–H and O–H groups in total. The Balaban J connectivity index is 2.02. The molecule has 114 valence electrons. The molecule has 0 spiro atoms. The average Bonchev–Trinajstić information content (AvgIpc) is 2.96. The topological polar surface area (TPSA) is 55.1 Å². The second-order valence-electron chi connectivity index (χ2n) is 6.54. The second-order valence-corrected chi connectivity index (χ2v) is 6.98. The van der Waals surface area contributed by atoms with Gasteiger partial charge in [0.2, 0.25) is 5.91 Å². The van der Waals surface area contributed by atoms with Gasteiger partial charge in [-0.3, -0.25) is 4.79 Å². The predicted octanol–water partition coefficient (Wildman–Crippen LogP) is 3.31. The highest BCUT2D eigenvalue weighted by Crippen LogP contribution is 2.39. The van der Waals surface area contributed by atoms with Gasteiger partial charge >= 0.3 is 0 Å². The van der Waals surface area contributed by atoms with Gasteiger partial charge in [-0.05, 0) is 38.0 Å². The van der Waals surface area contributed by atoms with Crippen molar-refractivity contribution in [1.29, 1.82) is 0 Å². The van der Waals surface area contributed by atoms with E-state index in [0.717, 1.165) is 32.1 Å². The summed E-state index contributed by atoms with van der Waals surface area (Å²) in [6.07, 6.45) is 11.2. The number of nitrogens with two attached hydrogens (primary N) is 1. The van der Waals surface area contributed by atoms with Crippen molar-refractivity contribution in [2.75, 3.05) is 0 Å². The van der Waals surface area contributed by atoms with Crippen LogP contribution in [0.2, 0.25) is 0 Å². The van der Waals surface area contributed by atoms with E-state index in [1.807, 2.05) is 0 Å². The monoisotopic (exact) mass is 296 g/mol. The molecule has 0 aromatic carbocycles. The van der Waals surface area contributed by atoms with Crippen LogP contribution in [0, 0.1) is 11.3 Å². The largest absolute Gasteiger partial charge is 0.392 e. The minimum atomic E-state index is -0.558. The van der Waals surface area contributed by atoms with E-state index in [2.05, 4.69) is 12.2 Å². The standard InChI is InChI=1S/C16H28N2OS/c1-2-13(12-8-4-3-5-9-12)18-15(19)16(14(17)20)10-6-7-11-16/h12-13H,2-11H2,1H3,(H2,17,20)(H,18,19). The molecular weight excluding hydrogens is 268 g/mol. The molecule has 4 heteroatoms. The normalized spacial score (nSPS) is 24.2. The van der Waals surface area contributed by atoms with Crippen molar-refractivity contribution in [1.82, 2.24) is 5.32 Å². The zero-order valence-corrected chi connectivity index (χ0v) is 13.4. The number of carbonyl (C=O) groups excluding carboxylic acids is 1. The molecule has 1 atom stereocenters. The number of carbonyl (C=O) groups is 1. The zero-order valence-electron chi connectivity index (χ0n) is 12.6. The molecule has 2 rings (SSSR count). The van der Waals surface area contributed by atoms with Crippen molar-refractivity contribution in [3.63, 3.8) is 0 Å². The minimum Gasteiger partial charge on any atom is -0.392 e. The van der Waals surface area contributed by atoms with Crippen molar-refractivity contribution in [2.24, 2.45) is 17.1 Å². The van der Waals surface area contributed by atoms with E-state index in [4.69, 9.17) is 18.0 Å². The van der Waals surface area contributed by atoms with Gasteiger partial charge in [-0.2, -0.15) is 0 Å². The van der Waals surface area contributed by atoms with E-state index < -0.39 is 5.41 Å². The number of nitrogens with one attached hydrogen (secondary N) is 1. The summed E-state index contributed by atoms with van der Waals surface area (Å²) in [5.74, 6) is 0.738. The third-order valence-electron chi connectivity index (χ3n) is 5.34. The summed E-state index contributed by atoms with van der Waals surface area (Å²) in [6.45, 7) is 2.17. The van der Waals surface area contributed by atoms with Gasteiger partial charge in [-0.25, -0.2) is 0 Å². The molecule has 2 saturated carbocycles. The second kappa shape index (κ2) is 6.88.